The summed E-state index contributed by atoms with van der Waals surface area (Å²) in [5.41, 5.74) is 0.0211. The highest BCUT2D eigenvalue weighted by atomic mass is 35.5. The first-order valence-electron chi connectivity index (χ1n) is 4.29. The Morgan fingerprint density at radius 1 is 1.53 bits per heavy atom. The van der Waals surface area contributed by atoms with E-state index in [1.165, 1.54) is 13.3 Å². The predicted molar refractivity (Wildman–Crippen MR) is 58.9 cm³/mol. The number of H-pyrrole nitrogens is 1. The number of nitro groups is 1. The van der Waals surface area contributed by atoms with E-state index in [0.717, 1.165) is 11.8 Å². The second kappa shape index (κ2) is 4.63. The van der Waals surface area contributed by atoms with Crippen molar-refractivity contribution in [3.63, 3.8) is 0 Å². The summed E-state index contributed by atoms with van der Waals surface area (Å²) < 4.78 is 0. The van der Waals surface area contributed by atoms with Crippen molar-refractivity contribution in [1.29, 1.82) is 0 Å². The Kier molecular flexibility index (Phi) is 3.20. The maximum atomic E-state index is 10.9. The summed E-state index contributed by atoms with van der Waals surface area (Å²) in [5, 5.41) is 17.6. The number of nitrogens with zero attached hydrogens (tertiary/aromatic N) is 5. The first-order chi connectivity index (χ1) is 8.08. The summed E-state index contributed by atoms with van der Waals surface area (Å²) in [6.07, 6.45) is 1.30. The van der Waals surface area contributed by atoms with E-state index in [9.17, 15) is 10.1 Å². The van der Waals surface area contributed by atoms with Crippen LogP contribution in [-0.2, 0) is 0 Å². The van der Waals surface area contributed by atoms with E-state index in [-0.39, 0.29) is 21.7 Å². The molecule has 10 heteroatoms. The highest BCUT2D eigenvalue weighted by Crippen LogP contribution is 2.33. The first-order valence-corrected chi connectivity index (χ1v) is 5.49. The van der Waals surface area contributed by atoms with Gasteiger partial charge in [0.2, 0.25) is 5.28 Å². The largest absolute Gasteiger partial charge is 0.322 e. The summed E-state index contributed by atoms with van der Waals surface area (Å²) in [6, 6.07) is 0. The molecule has 1 N–H and O–H groups in total. The van der Waals surface area contributed by atoms with Gasteiger partial charge >= 0.3 is 5.69 Å². The standard InChI is InChI=1S/C7H5ClN6O2S/c1-3-4(14(15)16)5(12-6(8)11-3)17-7-9-2-10-13-7/h2H,1H3,(H,9,10,13). The zero-order chi connectivity index (χ0) is 12.4. The summed E-state index contributed by atoms with van der Waals surface area (Å²) in [7, 11) is 0. The molecular formula is C7H5ClN6O2S. The second-order valence-electron chi connectivity index (χ2n) is 2.88. The molecule has 0 bridgehead atoms. The summed E-state index contributed by atoms with van der Waals surface area (Å²) >= 11 is 6.63. The number of halogens is 1. The van der Waals surface area contributed by atoms with E-state index in [4.69, 9.17) is 11.6 Å². The van der Waals surface area contributed by atoms with Gasteiger partial charge in [-0.15, -0.1) is 0 Å². The lowest BCUT2D eigenvalue weighted by atomic mass is 10.4. The second-order valence-corrected chi connectivity index (χ2v) is 4.20. The third-order valence-corrected chi connectivity index (χ3v) is 2.80. The molecule has 0 amide bonds. The minimum absolute atomic E-state index is 0.0462. The van der Waals surface area contributed by atoms with Gasteiger partial charge in [-0.2, -0.15) is 5.10 Å². The van der Waals surface area contributed by atoms with Crippen molar-refractivity contribution in [3.05, 3.63) is 27.4 Å². The molecule has 0 unspecified atom stereocenters. The van der Waals surface area contributed by atoms with Crippen LogP contribution in [0.15, 0.2) is 16.5 Å². The predicted octanol–water partition coefficient (Wildman–Crippen LogP) is 1.62. The minimum atomic E-state index is -0.551. The van der Waals surface area contributed by atoms with E-state index in [1.54, 1.807) is 0 Å². The van der Waals surface area contributed by atoms with Gasteiger partial charge in [-0.05, 0) is 30.3 Å². The van der Waals surface area contributed by atoms with Crippen molar-refractivity contribution in [3.8, 4) is 0 Å². The van der Waals surface area contributed by atoms with Gasteiger partial charge in [0.05, 0.1) is 4.92 Å². The molecule has 8 nitrogen and oxygen atoms in total. The van der Waals surface area contributed by atoms with Crippen LogP contribution in [0.1, 0.15) is 5.69 Å². The highest BCUT2D eigenvalue weighted by Gasteiger charge is 2.23. The first kappa shape index (κ1) is 11.7. The Balaban J connectivity index is 2.47. The molecule has 0 aliphatic heterocycles. The average Bonchev–Trinajstić information content (AvgIpc) is 2.68. The molecule has 0 fully saturated rings. The normalized spacial score (nSPS) is 10.5. The Morgan fingerprint density at radius 3 is 2.88 bits per heavy atom. The molecule has 0 saturated heterocycles. The van der Waals surface area contributed by atoms with Crippen LogP contribution in [0.25, 0.3) is 0 Å². The topological polar surface area (TPSA) is 110 Å². The van der Waals surface area contributed by atoms with Crippen LogP contribution in [0.4, 0.5) is 5.69 Å². The number of hydrogen-bond acceptors (Lipinski definition) is 7. The molecule has 17 heavy (non-hydrogen) atoms. The van der Waals surface area contributed by atoms with Gasteiger partial charge in [-0.3, -0.25) is 15.2 Å². The SMILES string of the molecule is Cc1nc(Cl)nc(Sc2ncn[nH]2)c1[N+](=O)[O-]. The number of aryl methyl sites for hydroxylation is 1. The van der Waals surface area contributed by atoms with Crippen molar-refractivity contribution < 1.29 is 4.92 Å². The lowest BCUT2D eigenvalue weighted by Crippen LogP contribution is -2.00. The fourth-order valence-corrected chi connectivity index (χ4v) is 2.22. The minimum Gasteiger partial charge on any atom is -0.258 e. The van der Waals surface area contributed by atoms with Crippen LogP contribution >= 0.6 is 23.4 Å². The molecule has 2 aromatic heterocycles. The quantitative estimate of drug-likeness (QED) is 0.391. The Labute approximate surface area is 104 Å². The van der Waals surface area contributed by atoms with Crippen molar-refractivity contribution in [2.45, 2.75) is 17.1 Å². The van der Waals surface area contributed by atoms with E-state index in [0.29, 0.717) is 5.16 Å². The van der Waals surface area contributed by atoms with Gasteiger partial charge < -0.3 is 0 Å². The van der Waals surface area contributed by atoms with Crippen molar-refractivity contribution >= 4 is 29.1 Å². The molecule has 0 aliphatic rings. The number of nitrogens with one attached hydrogen (secondary N) is 1. The van der Waals surface area contributed by atoms with Crippen LogP contribution in [-0.4, -0.2) is 30.1 Å². The molecule has 2 heterocycles. The summed E-state index contributed by atoms with van der Waals surface area (Å²) in [6.45, 7) is 1.50. The smallest absolute Gasteiger partial charge is 0.258 e. The van der Waals surface area contributed by atoms with Gasteiger partial charge in [0.25, 0.3) is 0 Å². The zero-order valence-electron chi connectivity index (χ0n) is 8.42. The Hall–Kier alpha value is -1.74. The van der Waals surface area contributed by atoms with Crippen LogP contribution < -0.4 is 0 Å². The molecule has 0 saturated carbocycles. The molecule has 0 spiro atoms. The van der Waals surface area contributed by atoms with Crippen molar-refractivity contribution in [1.82, 2.24) is 25.1 Å². The number of hydrogen-bond donors (Lipinski definition) is 1. The summed E-state index contributed by atoms with van der Waals surface area (Å²) in [4.78, 5) is 21.8. The fraction of sp³-hybridized carbons (Fsp3) is 0.143. The molecule has 0 atom stereocenters. The maximum Gasteiger partial charge on any atom is 0.322 e. The molecule has 0 aromatic carbocycles. The highest BCUT2D eigenvalue weighted by molar-refractivity contribution is 7.99. The number of aromatic nitrogens is 5. The molecule has 88 valence electrons. The lowest BCUT2D eigenvalue weighted by Gasteiger charge is -2.02. The number of aromatic amines is 1. The Bertz CT molecular complexity index is 560. The molecule has 0 radical (unpaired) electrons. The average molecular weight is 273 g/mol. The summed E-state index contributed by atoms with van der Waals surface area (Å²) in [5.74, 6) is 0. The third kappa shape index (κ3) is 2.50. The lowest BCUT2D eigenvalue weighted by molar-refractivity contribution is -0.389. The van der Waals surface area contributed by atoms with Gasteiger partial charge in [-0.25, -0.2) is 15.0 Å². The molecule has 2 rings (SSSR count). The number of rotatable bonds is 3. The molecular weight excluding hydrogens is 268 g/mol. The monoisotopic (exact) mass is 272 g/mol. The molecule has 0 aliphatic carbocycles. The van der Waals surface area contributed by atoms with Crippen molar-refractivity contribution in [2.24, 2.45) is 0 Å². The van der Waals surface area contributed by atoms with Gasteiger partial charge in [0, 0.05) is 0 Å². The van der Waals surface area contributed by atoms with Crippen LogP contribution in [0, 0.1) is 17.0 Å². The van der Waals surface area contributed by atoms with Crippen LogP contribution in [0.2, 0.25) is 5.28 Å². The Morgan fingerprint density at radius 2 is 2.29 bits per heavy atom. The zero-order valence-corrected chi connectivity index (χ0v) is 9.99. The van der Waals surface area contributed by atoms with Crippen LogP contribution in [0.3, 0.4) is 0 Å². The van der Waals surface area contributed by atoms with Gasteiger partial charge in [0.15, 0.2) is 10.2 Å². The fourth-order valence-electron chi connectivity index (χ4n) is 1.12. The van der Waals surface area contributed by atoms with Crippen molar-refractivity contribution in [2.75, 3.05) is 0 Å². The van der Waals surface area contributed by atoms with E-state index >= 15 is 0 Å². The van der Waals surface area contributed by atoms with E-state index in [1.807, 2.05) is 0 Å². The molecule has 2 aromatic rings. The van der Waals surface area contributed by atoms with E-state index in [2.05, 4.69) is 25.1 Å². The van der Waals surface area contributed by atoms with Gasteiger partial charge in [-0.1, -0.05) is 0 Å². The van der Waals surface area contributed by atoms with Crippen LogP contribution in [0.5, 0.6) is 0 Å². The maximum absolute atomic E-state index is 10.9. The van der Waals surface area contributed by atoms with Gasteiger partial charge in [0.1, 0.15) is 12.0 Å². The third-order valence-electron chi connectivity index (χ3n) is 1.77. The van der Waals surface area contributed by atoms with E-state index < -0.39 is 4.92 Å².